The fourth-order valence-corrected chi connectivity index (χ4v) is 1.09. The van der Waals surface area contributed by atoms with E-state index in [2.05, 4.69) is 6.58 Å². The van der Waals surface area contributed by atoms with Gasteiger partial charge >= 0.3 is 0 Å². The highest BCUT2D eigenvalue weighted by Crippen LogP contribution is 2.16. The Hall–Kier alpha value is -0.460. The zero-order valence-electron chi connectivity index (χ0n) is 7.17. The van der Waals surface area contributed by atoms with Gasteiger partial charge in [0.15, 0.2) is 6.29 Å². The Morgan fingerprint density at radius 2 is 2.08 bits per heavy atom. The Labute approximate surface area is 76.2 Å². The molecule has 13 heavy (non-hydrogen) atoms. The molecule has 0 radical (unpaired) electrons. The summed E-state index contributed by atoms with van der Waals surface area (Å²) >= 11 is 0. The van der Waals surface area contributed by atoms with E-state index in [1.807, 2.05) is 0 Å². The molecule has 0 aliphatic carbocycles. The van der Waals surface area contributed by atoms with Gasteiger partial charge in [0, 0.05) is 0 Å². The molecule has 1 saturated heterocycles. The van der Waals surface area contributed by atoms with Crippen molar-refractivity contribution in [2.75, 3.05) is 13.2 Å². The van der Waals surface area contributed by atoms with E-state index >= 15 is 0 Å². The highest BCUT2D eigenvalue weighted by Gasteiger charge is 2.37. The summed E-state index contributed by atoms with van der Waals surface area (Å²) in [6.07, 6.45) is -2.88. The third kappa shape index (κ3) is 2.49. The topological polar surface area (TPSA) is 79.2 Å². The molecule has 4 atom stereocenters. The van der Waals surface area contributed by atoms with Gasteiger partial charge in [0.25, 0.3) is 0 Å². The largest absolute Gasteiger partial charge is 0.388 e. The second-order valence-corrected chi connectivity index (χ2v) is 2.87. The minimum atomic E-state index is -1.22. The molecule has 0 bridgehead atoms. The first-order chi connectivity index (χ1) is 6.16. The number of aliphatic hydroxyl groups is 3. The Balaban J connectivity index is 2.43. The summed E-state index contributed by atoms with van der Waals surface area (Å²) in [6.45, 7) is 3.62. The second-order valence-electron chi connectivity index (χ2n) is 2.87. The molecule has 0 amide bonds. The highest BCUT2D eigenvalue weighted by molar-refractivity contribution is 4.83. The molecule has 3 N–H and O–H groups in total. The van der Waals surface area contributed by atoms with Crippen LogP contribution in [0.5, 0.6) is 0 Å². The van der Waals surface area contributed by atoms with Crippen molar-refractivity contribution < 1.29 is 24.8 Å². The zero-order chi connectivity index (χ0) is 9.84. The Morgan fingerprint density at radius 1 is 1.38 bits per heavy atom. The van der Waals surface area contributed by atoms with Gasteiger partial charge in [-0.2, -0.15) is 0 Å². The van der Waals surface area contributed by atoms with Gasteiger partial charge in [0.05, 0.1) is 13.2 Å². The van der Waals surface area contributed by atoms with Crippen LogP contribution in [0.2, 0.25) is 0 Å². The van der Waals surface area contributed by atoms with Crippen LogP contribution in [0.25, 0.3) is 0 Å². The fraction of sp³-hybridized carbons (Fsp3) is 0.750. The van der Waals surface area contributed by atoms with E-state index < -0.39 is 24.6 Å². The zero-order valence-corrected chi connectivity index (χ0v) is 7.17. The monoisotopic (exact) mass is 190 g/mol. The van der Waals surface area contributed by atoms with Gasteiger partial charge < -0.3 is 24.8 Å². The maximum Gasteiger partial charge on any atom is 0.186 e. The van der Waals surface area contributed by atoms with Gasteiger partial charge in [-0.3, -0.25) is 0 Å². The van der Waals surface area contributed by atoms with Gasteiger partial charge in [-0.15, -0.1) is 6.58 Å². The molecule has 76 valence electrons. The molecule has 1 heterocycles. The SMILES string of the molecule is C=CCOC1OC[C@@H](O)[C@H](O)[C@@H]1O. The second kappa shape index (κ2) is 4.69. The van der Waals surface area contributed by atoms with Crippen LogP contribution >= 0.6 is 0 Å². The van der Waals surface area contributed by atoms with E-state index in [4.69, 9.17) is 14.6 Å². The summed E-state index contributed by atoms with van der Waals surface area (Å²) in [5, 5.41) is 27.7. The third-order valence-electron chi connectivity index (χ3n) is 1.83. The van der Waals surface area contributed by atoms with Crippen LogP contribution in [-0.2, 0) is 9.47 Å². The lowest BCUT2D eigenvalue weighted by Crippen LogP contribution is -2.53. The van der Waals surface area contributed by atoms with Crippen molar-refractivity contribution in [1.29, 1.82) is 0 Å². The smallest absolute Gasteiger partial charge is 0.186 e. The fourth-order valence-electron chi connectivity index (χ4n) is 1.09. The molecule has 1 unspecified atom stereocenters. The third-order valence-corrected chi connectivity index (χ3v) is 1.83. The van der Waals surface area contributed by atoms with Gasteiger partial charge in [-0.05, 0) is 0 Å². The van der Waals surface area contributed by atoms with E-state index in [0.29, 0.717) is 0 Å². The minimum absolute atomic E-state index is 0.0416. The summed E-state index contributed by atoms with van der Waals surface area (Å²) in [4.78, 5) is 0. The van der Waals surface area contributed by atoms with Crippen molar-refractivity contribution in [3.8, 4) is 0 Å². The average molecular weight is 190 g/mol. The van der Waals surface area contributed by atoms with Gasteiger partial charge in [-0.25, -0.2) is 0 Å². The van der Waals surface area contributed by atoms with Crippen LogP contribution in [-0.4, -0.2) is 53.1 Å². The predicted octanol–water partition coefficient (Wildman–Crippen LogP) is -1.37. The van der Waals surface area contributed by atoms with Crippen molar-refractivity contribution in [2.45, 2.75) is 24.6 Å². The summed E-state index contributed by atoms with van der Waals surface area (Å²) in [6, 6.07) is 0. The molecule has 1 fully saturated rings. The number of hydrogen-bond acceptors (Lipinski definition) is 5. The molecular formula is C8H14O5. The standard InChI is InChI=1S/C8H14O5/c1-2-3-12-8-7(11)6(10)5(9)4-13-8/h2,5-11H,1,3-4H2/t5-,6+,7+,8?/m1/s1. The van der Waals surface area contributed by atoms with Crippen LogP contribution in [0.15, 0.2) is 12.7 Å². The summed E-state index contributed by atoms with van der Waals surface area (Å²) < 4.78 is 9.95. The number of ether oxygens (including phenoxy) is 2. The summed E-state index contributed by atoms with van der Waals surface area (Å²) in [5.74, 6) is 0. The van der Waals surface area contributed by atoms with Crippen LogP contribution in [0.3, 0.4) is 0 Å². The van der Waals surface area contributed by atoms with Gasteiger partial charge in [0.1, 0.15) is 18.3 Å². The first-order valence-corrected chi connectivity index (χ1v) is 4.05. The number of aliphatic hydroxyl groups excluding tert-OH is 3. The minimum Gasteiger partial charge on any atom is -0.388 e. The first-order valence-electron chi connectivity index (χ1n) is 4.05. The molecule has 0 aromatic carbocycles. The lowest BCUT2D eigenvalue weighted by molar-refractivity contribution is -0.266. The number of hydrogen-bond donors (Lipinski definition) is 3. The van der Waals surface area contributed by atoms with Crippen molar-refractivity contribution in [3.05, 3.63) is 12.7 Å². The molecule has 1 rings (SSSR count). The van der Waals surface area contributed by atoms with E-state index in [1.54, 1.807) is 0 Å². The van der Waals surface area contributed by atoms with Crippen LogP contribution < -0.4 is 0 Å². The molecule has 5 heteroatoms. The molecule has 0 saturated carbocycles. The van der Waals surface area contributed by atoms with Gasteiger partial charge in [0.2, 0.25) is 0 Å². The molecular weight excluding hydrogens is 176 g/mol. The van der Waals surface area contributed by atoms with Crippen molar-refractivity contribution in [1.82, 2.24) is 0 Å². The van der Waals surface area contributed by atoms with Crippen LogP contribution in [0.1, 0.15) is 0 Å². The van der Waals surface area contributed by atoms with E-state index in [0.717, 1.165) is 0 Å². The average Bonchev–Trinajstić information content (AvgIpc) is 2.13. The van der Waals surface area contributed by atoms with E-state index in [1.165, 1.54) is 6.08 Å². The lowest BCUT2D eigenvalue weighted by Gasteiger charge is -2.34. The number of rotatable bonds is 3. The Bertz CT molecular complexity index is 172. The van der Waals surface area contributed by atoms with Crippen molar-refractivity contribution in [2.24, 2.45) is 0 Å². The normalized spacial score (nSPS) is 40.2. The Kier molecular flexibility index (Phi) is 3.83. The van der Waals surface area contributed by atoms with Gasteiger partial charge in [-0.1, -0.05) is 6.08 Å². The predicted molar refractivity (Wildman–Crippen MR) is 43.9 cm³/mol. The van der Waals surface area contributed by atoms with Crippen LogP contribution in [0.4, 0.5) is 0 Å². The molecule has 0 aromatic rings. The molecule has 1 aliphatic heterocycles. The molecule has 5 nitrogen and oxygen atoms in total. The van der Waals surface area contributed by atoms with E-state index in [9.17, 15) is 10.2 Å². The maximum atomic E-state index is 9.34. The van der Waals surface area contributed by atoms with E-state index in [-0.39, 0.29) is 13.2 Å². The lowest BCUT2D eigenvalue weighted by atomic mass is 10.1. The highest BCUT2D eigenvalue weighted by atomic mass is 16.7. The van der Waals surface area contributed by atoms with Crippen molar-refractivity contribution in [3.63, 3.8) is 0 Å². The molecule has 0 aromatic heterocycles. The summed E-state index contributed by atoms with van der Waals surface area (Å²) in [5.41, 5.74) is 0. The molecule has 0 spiro atoms. The summed E-state index contributed by atoms with van der Waals surface area (Å²) in [7, 11) is 0. The first kappa shape index (κ1) is 10.6. The quantitative estimate of drug-likeness (QED) is 0.478. The maximum absolute atomic E-state index is 9.34. The van der Waals surface area contributed by atoms with Crippen molar-refractivity contribution >= 4 is 0 Å². The Morgan fingerprint density at radius 3 is 2.69 bits per heavy atom. The molecule has 1 aliphatic rings. The van der Waals surface area contributed by atoms with Crippen LogP contribution in [0, 0.1) is 0 Å².